The first kappa shape index (κ1) is 31.5. The van der Waals surface area contributed by atoms with Gasteiger partial charge in [0.25, 0.3) is 0 Å². The molecule has 0 spiro atoms. The van der Waals surface area contributed by atoms with Crippen LogP contribution >= 0.6 is 23.2 Å². The van der Waals surface area contributed by atoms with E-state index in [1.807, 2.05) is 18.2 Å². The van der Waals surface area contributed by atoms with Crippen molar-refractivity contribution in [3.05, 3.63) is 105 Å². The Kier molecular flexibility index (Phi) is 8.94. The molecule has 2 saturated heterocycles. The van der Waals surface area contributed by atoms with E-state index in [2.05, 4.69) is 17.0 Å². The normalized spacial score (nSPS) is 20.5. The Morgan fingerprint density at radius 3 is 2.05 bits per heavy atom. The van der Waals surface area contributed by atoms with Gasteiger partial charge in [-0.15, -0.1) is 0 Å². The fourth-order valence-electron chi connectivity index (χ4n) is 5.85. The van der Waals surface area contributed by atoms with Gasteiger partial charge in [0.1, 0.15) is 0 Å². The van der Waals surface area contributed by atoms with Crippen molar-refractivity contribution in [2.45, 2.75) is 49.7 Å². The predicted octanol–water partition coefficient (Wildman–Crippen LogP) is 9.15. The zero-order valence-corrected chi connectivity index (χ0v) is 24.3. The SMILES string of the molecule is O=C1OC(CCN2CCC(c3ccccc3)CC2)(c2ccc(Cl)c(Cl)c2)CN1Cc1cc(C(F)(F)F)cc(C(F)(F)F)c1. The lowest BCUT2D eigenvalue weighted by molar-refractivity contribution is -0.143. The van der Waals surface area contributed by atoms with E-state index in [1.165, 1.54) is 5.56 Å². The minimum atomic E-state index is -5.00. The summed E-state index contributed by atoms with van der Waals surface area (Å²) in [5.74, 6) is 0.440. The highest BCUT2D eigenvalue weighted by atomic mass is 35.5. The van der Waals surface area contributed by atoms with Crippen molar-refractivity contribution < 1.29 is 35.9 Å². The molecule has 0 saturated carbocycles. The van der Waals surface area contributed by atoms with Crippen molar-refractivity contribution in [3.8, 4) is 0 Å². The Bertz CT molecular complexity index is 1430. The lowest BCUT2D eigenvalue weighted by Crippen LogP contribution is -2.39. The molecule has 3 aromatic carbocycles. The molecule has 2 aliphatic rings. The van der Waals surface area contributed by atoms with Gasteiger partial charge in [0, 0.05) is 19.5 Å². The van der Waals surface area contributed by atoms with Crippen molar-refractivity contribution in [1.82, 2.24) is 9.80 Å². The van der Waals surface area contributed by atoms with Gasteiger partial charge in [-0.3, -0.25) is 4.90 Å². The van der Waals surface area contributed by atoms with Gasteiger partial charge < -0.3 is 9.64 Å². The van der Waals surface area contributed by atoms with Gasteiger partial charge in [0.05, 0.1) is 27.7 Å². The van der Waals surface area contributed by atoms with Crippen LogP contribution in [0.3, 0.4) is 0 Å². The monoisotopic (exact) mass is 644 g/mol. The van der Waals surface area contributed by atoms with Crippen LogP contribution < -0.4 is 0 Å². The van der Waals surface area contributed by atoms with Crippen LogP contribution in [0.15, 0.2) is 66.7 Å². The number of piperidine rings is 1. The molecule has 0 bridgehead atoms. The van der Waals surface area contributed by atoms with Crippen molar-refractivity contribution in [2.75, 3.05) is 26.2 Å². The Hall–Kier alpha value is -2.95. The highest BCUT2D eigenvalue weighted by Gasteiger charge is 2.47. The van der Waals surface area contributed by atoms with E-state index in [9.17, 15) is 31.1 Å². The molecule has 0 aromatic heterocycles. The number of carbonyl (C=O) groups is 1. The minimum absolute atomic E-state index is 0.0623. The molecule has 0 N–H and O–H groups in total. The summed E-state index contributed by atoms with van der Waals surface area (Å²) in [6.07, 6.45) is -8.61. The molecule has 2 heterocycles. The number of cyclic esters (lactones) is 1. The smallest absolute Gasteiger partial charge is 0.416 e. The summed E-state index contributed by atoms with van der Waals surface area (Å²) in [5, 5.41) is 0.512. The Labute approximate surface area is 255 Å². The third-order valence-electron chi connectivity index (χ3n) is 8.14. The maximum Gasteiger partial charge on any atom is 0.416 e. The average Bonchev–Trinajstić information content (AvgIpc) is 3.28. The molecule has 2 aliphatic heterocycles. The second kappa shape index (κ2) is 12.2. The maximum absolute atomic E-state index is 13.4. The average molecular weight is 645 g/mol. The maximum atomic E-state index is 13.4. The van der Waals surface area contributed by atoms with Gasteiger partial charge in [-0.1, -0.05) is 59.6 Å². The highest BCUT2D eigenvalue weighted by Crippen LogP contribution is 2.41. The third kappa shape index (κ3) is 7.24. The first-order valence-corrected chi connectivity index (χ1v) is 14.5. The Balaban J connectivity index is 1.36. The Morgan fingerprint density at radius 2 is 1.47 bits per heavy atom. The van der Waals surface area contributed by atoms with Gasteiger partial charge >= 0.3 is 18.4 Å². The summed E-state index contributed by atoms with van der Waals surface area (Å²) < 4.78 is 86.5. The van der Waals surface area contributed by atoms with Crippen molar-refractivity contribution >= 4 is 29.3 Å². The van der Waals surface area contributed by atoms with E-state index in [0.717, 1.165) is 30.8 Å². The summed E-state index contributed by atoms with van der Waals surface area (Å²) in [5.41, 5.74) is -2.61. The number of ether oxygens (including phenoxy) is 1. The van der Waals surface area contributed by atoms with Gasteiger partial charge in [-0.25, -0.2) is 4.79 Å². The molecule has 2 fully saturated rings. The topological polar surface area (TPSA) is 32.8 Å². The van der Waals surface area contributed by atoms with E-state index >= 15 is 0 Å². The van der Waals surface area contributed by atoms with Crippen LogP contribution in [0, 0.1) is 0 Å². The van der Waals surface area contributed by atoms with E-state index in [0.29, 0.717) is 36.6 Å². The van der Waals surface area contributed by atoms with E-state index in [1.54, 1.807) is 18.2 Å². The number of hydrogen-bond acceptors (Lipinski definition) is 3. The minimum Gasteiger partial charge on any atom is -0.436 e. The fourth-order valence-corrected chi connectivity index (χ4v) is 6.14. The van der Waals surface area contributed by atoms with Gasteiger partial charge in [0.2, 0.25) is 0 Å². The predicted molar refractivity (Wildman–Crippen MR) is 151 cm³/mol. The lowest BCUT2D eigenvalue weighted by Gasteiger charge is -2.35. The molecule has 1 unspecified atom stereocenters. The largest absolute Gasteiger partial charge is 0.436 e. The van der Waals surface area contributed by atoms with Crippen molar-refractivity contribution in [3.63, 3.8) is 0 Å². The number of hydrogen-bond donors (Lipinski definition) is 0. The highest BCUT2D eigenvalue weighted by molar-refractivity contribution is 6.42. The summed E-state index contributed by atoms with van der Waals surface area (Å²) in [7, 11) is 0. The number of carbonyl (C=O) groups excluding carboxylic acids is 1. The molecule has 43 heavy (non-hydrogen) atoms. The Morgan fingerprint density at radius 1 is 0.837 bits per heavy atom. The molecule has 0 radical (unpaired) electrons. The molecule has 3 aromatic rings. The lowest BCUT2D eigenvalue weighted by atomic mass is 9.87. The zero-order valence-electron chi connectivity index (χ0n) is 22.8. The van der Waals surface area contributed by atoms with Crippen LogP contribution in [-0.4, -0.2) is 42.1 Å². The van der Waals surface area contributed by atoms with Crippen LogP contribution in [0.2, 0.25) is 10.0 Å². The standard InChI is InChI=1S/C31H28Cl2F6N2O2/c32-26-7-6-23(17-27(26)33)29(10-13-40-11-8-22(9-12-40)21-4-2-1-3-5-21)19-41(28(42)43-29)18-20-14-24(30(34,35)36)16-25(15-20)31(37,38)39/h1-7,14-17,22H,8-13,18-19H2. The number of benzene rings is 3. The van der Waals surface area contributed by atoms with Crippen LogP contribution in [0.1, 0.15) is 53.0 Å². The summed E-state index contributed by atoms with van der Waals surface area (Å²) >= 11 is 12.4. The summed E-state index contributed by atoms with van der Waals surface area (Å²) in [6, 6.07) is 16.4. The molecule has 1 amide bonds. The zero-order chi connectivity index (χ0) is 31.0. The molecule has 230 valence electrons. The number of halogens is 8. The number of alkyl halides is 6. The molecule has 12 heteroatoms. The number of nitrogens with zero attached hydrogens (tertiary/aromatic N) is 2. The third-order valence-corrected chi connectivity index (χ3v) is 8.88. The van der Waals surface area contributed by atoms with Crippen molar-refractivity contribution in [1.29, 1.82) is 0 Å². The van der Waals surface area contributed by atoms with Crippen LogP contribution in [0.5, 0.6) is 0 Å². The molecule has 4 nitrogen and oxygen atoms in total. The first-order valence-electron chi connectivity index (χ1n) is 13.7. The molecule has 0 aliphatic carbocycles. The number of rotatable bonds is 7. The molecule has 1 atom stereocenters. The second-order valence-corrected chi connectivity index (χ2v) is 11.9. The number of likely N-dealkylation sites (tertiary alicyclic amines) is 1. The van der Waals surface area contributed by atoms with Crippen LogP contribution in [-0.2, 0) is 29.2 Å². The first-order chi connectivity index (χ1) is 20.2. The van der Waals surface area contributed by atoms with E-state index < -0.39 is 41.7 Å². The molecular weight excluding hydrogens is 617 g/mol. The summed E-state index contributed by atoms with van der Waals surface area (Å²) in [4.78, 5) is 16.5. The van der Waals surface area contributed by atoms with E-state index in [4.69, 9.17) is 27.9 Å². The van der Waals surface area contributed by atoms with Crippen molar-refractivity contribution in [2.24, 2.45) is 0 Å². The van der Waals surface area contributed by atoms with Crippen LogP contribution in [0.25, 0.3) is 0 Å². The van der Waals surface area contributed by atoms with Crippen LogP contribution in [0.4, 0.5) is 31.1 Å². The van der Waals surface area contributed by atoms with Gasteiger partial charge in [-0.2, -0.15) is 26.3 Å². The van der Waals surface area contributed by atoms with Gasteiger partial charge in [-0.05, 0) is 78.9 Å². The summed E-state index contributed by atoms with van der Waals surface area (Å²) in [6.45, 7) is 1.59. The quantitative estimate of drug-likeness (QED) is 0.241. The molecule has 5 rings (SSSR count). The molecular formula is C31H28Cl2F6N2O2. The van der Waals surface area contributed by atoms with E-state index in [-0.39, 0.29) is 28.2 Å². The second-order valence-electron chi connectivity index (χ2n) is 11.0. The van der Waals surface area contributed by atoms with Gasteiger partial charge in [0.15, 0.2) is 5.60 Å². The number of amides is 1. The fraction of sp³-hybridized carbons (Fsp3) is 0.387.